The molecule has 2 aliphatic rings. The number of carbonyl (C=O) groups excluding carboxylic acids is 3. The highest BCUT2D eigenvalue weighted by Crippen LogP contribution is 2.36. The van der Waals surface area contributed by atoms with Gasteiger partial charge in [0.05, 0.1) is 15.7 Å². The molecule has 0 radical (unpaired) electrons. The predicted octanol–water partition coefficient (Wildman–Crippen LogP) is 3.05. The lowest BCUT2D eigenvalue weighted by atomic mass is 9.72. The summed E-state index contributed by atoms with van der Waals surface area (Å²) in [4.78, 5) is 55.8. The average Bonchev–Trinajstić information content (AvgIpc) is 3.40. The molecule has 1 aromatic carbocycles. The predicted molar refractivity (Wildman–Crippen MR) is 126 cm³/mol. The number of benzene rings is 1. The summed E-state index contributed by atoms with van der Waals surface area (Å²) < 4.78 is 1.71. The highest BCUT2D eigenvalue weighted by Gasteiger charge is 2.42. The molecule has 2 aromatic heterocycles. The van der Waals surface area contributed by atoms with E-state index in [1.165, 1.54) is 11.3 Å². The van der Waals surface area contributed by atoms with Crippen LogP contribution in [0.25, 0.3) is 10.2 Å². The van der Waals surface area contributed by atoms with Gasteiger partial charge < -0.3 is 5.32 Å². The number of nitrogens with one attached hydrogen (secondary N) is 2. The van der Waals surface area contributed by atoms with Gasteiger partial charge in [-0.2, -0.15) is 0 Å². The summed E-state index contributed by atoms with van der Waals surface area (Å²) in [5, 5.41) is 5.87. The molecule has 0 spiro atoms. The third-order valence-corrected chi connectivity index (χ3v) is 8.07. The van der Waals surface area contributed by atoms with Crippen LogP contribution in [-0.4, -0.2) is 27.3 Å². The Balaban J connectivity index is 1.41. The van der Waals surface area contributed by atoms with Crippen LogP contribution in [-0.2, 0) is 28.0 Å². The Hall–Kier alpha value is -3.33. The molecular weight excluding hydrogens is 440 g/mol. The zero-order chi connectivity index (χ0) is 23.3. The first-order chi connectivity index (χ1) is 15.8. The second kappa shape index (κ2) is 7.91. The zero-order valence-corrected chi connectivity index (χ0v) is 19.3. The van der Waals surface area contributed by atoms with E-state index in [9.17, 15) is 19.2 Å². The Morgan fingerprint density at radius 1 is 1.21 bits per heavy atom. The van der Waals surface area contributed by atoms with Gasteiger partial charge in [-0.25, -0.2) is 4.98 Å². The first-order valence-electron chi connectivity index (χ1n) is 11.1. The number of hydrogen-bond acceptors (Lipinski definition) is 6. The minimum atomic E-state index is -0.743. The number of piperidine rings is 1. The van der Waals surface area contributed by atoms with Crippen LogP contribution in [0.1, 0.15) is 59.2 Å². The topological polar surface area (TPSA) is 110 Å². The van der Waals surface area contributed by atoms with Gasteiger partial charge in [-0.15, -0.1) is 11.3 Å². The fourth-order valence-corrected chi connectivity index (χ4v) is 6.00. The number of carbonyl (C=O) groups is 3. The monoisotopic (exact) mass is 464 g/mol. The molecule has 3 aromatic rings. The van der Waals surface area contributed by atoms with Gasteiger partial charge in [0.25, 0.3) is 11.5 Å². The normalized spacial score (nSPS) is 20.1. The molecule has 2 aliphatic heterocycles. The van der Waals surface area contributed by atoms with Crippen molar-refractivity contribution in [3.8, 4) is 0 Å². The fourth-order valence-electron chi connectivity index (χ4n) is 4.92. The lowest BCUT2D eigenvalue weighted by Gasteiger charge is -2.35. The lowest BCUT2D eigenvalue weighted by molar-refractivity contribution is -0.138. The van der Waals surface area contributed by atoms with Crippen LogP contribution in [0.2, 0.25) is 0 Å². The Morgan fingerprint density at radius 2 is 1.97 bits per heavy atom. The SMILES string of the molecule is CCC1(c2ccc(NC(=O)c3sc4nc5n(c(=O)c4c3C)CCC5)cc2)CCC(=O)NC1=O. The first-order valence-corrected chi connectivity index (χ1v) is 11.9. The summed E-state index contributed by atoms with van der Waals surface area (Å²) in [6.45, 7) is 4.39. The molecular formula is C24H24N4O4S. The third kappa shape index (κ3) is 3.38. The summed E-state index contributed by atoms with van der Waals surface area (Å²) in [5.41, 5.74) is 1.24. The molecule has 8 nitrogen and oxygen atoms in total. The van der Waals surface area contributed by atoms with Crippen molar-refractivity contribution in [2.24, 2.45) is 0 Å². The van der Waals surface area contributed by atoms with Crippen LogP contribution in [0.3, 0.4) is 0 Å². The number of hydrogen-bond donors (Lipinski definition) is 2. The molecule has 1 unspecified atom stereocenters. The molecule has 5 rings (SSSR count). The Morgan fingerprint density at radius 3 is 2.67 bits per heavy atom. The number of amides is 3. The van der Waals surface area contributed by atoms with E-state index in [4.69, 9.17) is 0 Å². The van der Waals surface area contributed by atoms with E-state index in [2.05, 4.69) is 15.6 Å². The maximum atomic E-state index is 13.0. The van der Waals surface area contributed by atoms with Crippen molar-refractivity contribution < 1.29 is 14.4 Å². The van der Waals surface area contributed by atoms with Crippen LogP contribution in [0.4, 0.5) is 5.69 Å². The van der Waals surface area contributed by atoms with Crippen molar-refractivity contribution in [2.45, 2.75) is 57.9 Å². The molecule has 0 saturated carbocycles. The van der Waals surface area contributed by atoms with Gasteiger partial charge in [-0.3, -0.25) is 29.1 Å². The Labute approximate surface area is 194 Å². The van der Waals surface area contributed by atoms with Crippen molar-refractivity contribution >= 4 is 45.0 Å². The van der Waals surface area contributed by atoms with Crippen LogP contribution in [0, 0.1) is 6.92 Å². The van der Waals surface area contributed by atoms with Gasteiger partial charge in [-0.05, 0) is 49.4 Å². The van der Waals surface area contributed by atoms with E-state index in [1.54, 1.807) is 23.6 Å². The van der Waals surface area contributed by atoms with Crippen LogP contribution in [0.5, 0.6) is 0 Å². The number of thiophene rings is 1. The second-order valence-corrected chi connectivity index (χ2v) is 9.67. The first kappa shape index (κ1) is 21.5. The Kier molecular flexibility index (Phi) is 5.16. The summed E-state index contributed by atoms with van der Waals surface area (Å²) in [5.74, 6) is -0.0238. The van der Waals surface area contributed by atoms with Crippen LogP contribution >= 0.6 is 11.3 Å². The number of anilines is 1. The smallest absolute Gasteiger partial charge is 0.266 e. The van der Waals surface area contributed by atoms with Crippen LogP contribution < -0.4 is 16.2 Å². The van der Waals surface area contributed by atoms with Crippen molar-refractivity contribution in [1.29, 1.82) is 0 Å². The van der Waals surface area contributed by atoms with Gasteiger partial charge in [-0.1, -0.05) is 19.1 Å². The van der Waals surface area contributed by atoms with Gasteiger partial charge in [0.1, 0.15) is 10.7 Å². The highest BCUT2D eigenvalue weighted by molar-refractivity contribution is 7.20. The number of imide groups is 1. The quantitative estimate of drug-likeness (QED) is 0.577. The third-order valence-electron chi connectivity index (χ3n) is 6.88. The van der Waals surface area contributed by atoms with Crippen molar-refractivity contribution in [3.05, 3.63) is 56.4 Å². The van der Waals surface area contributed by atoms with E-state index in [0.717, 1.165) is 24.2 Å². The van der Waals surface area contributed by atoms with E-state index in [-0.39, 0.29) is 23.3 Å². The molecule has 2 N–H and O–H groups in total. The van der Waals surface area contributed by atoms with Gasteiger partial charge >= 0.3 is 0 Å². The van der Waals surface area contributed by atoms with Crippen LogP contribution in [0.15, 0.2) is 29.1 Å². The largest absolute Gasteiger partial charge is 0.321 e. The average molecular weight is 465 g/mol. The number of fused-ring (bicyclic) bond motifs is 2. The molecule has 0 aliphatic carbocycles. The minimum Gasteiger partial charge on any atom is -0.321 e. The summed E-state index contributed by atoms with van der Waals surface area (Å²) in [6.07, 6.45) is 3.04. The minimum absolute atomic E-state index is 0.0706. The summed E-state index contributed by atoms with van der Waals surface area (Å²) >= 11 is 1.24. The number of aromatic nitrogens is 2. The van der Waals surface area contributed by atoms with Crippen molar-refractivity contribution in [2.75, 3.05) is 5.32 Å². The summed E-state index contributed by atoms with van der Waals surface area (Å²) in [7, 11) is 0. The number of aryl methyl sites for hydroxylation is 2. The molecule has 1 atom stereocenters. The summed E-state index contributed by atoms with van der Waals surface area (Å²) in [6, 6.07) is 7.17. The maximum Gasteiger partial charge on any atom is 0.266 e. The molecule has 0 bridgehead atoms. The van der Waals surface area contributed by atoms with E-state index < -0.39 is 5.41 Å². The van der Waals surface area contributed by atoms with E-state index in [0.29, 0.717) is 52.2 Å². The van der Waals surface area contributed by atoms with Gasteiger partial charge in [0.15, 0.2) is 0 Å². The van der Waals surface area contributed by atoms with Gasteiger partial charge in [0, 0.05) is 25.1 Å². The number of rotatable bonds is 4. The molecule has 33 heavy (non-hydrogen) atoms. The van der Waals surface area contributed by atoms with Crippen molar-refractivity contribution in [1.82, 2.24) is 14.9 Å². The highest BCUT2D eigenvalue weighted by atomic mass is 32.1. The molecule has 1 saturated heterocycles. The molecule has 4 heterocycles. The van der Waals surface area contributed by atoms with E-state index in [1.807, 2.05) is 19.1 Å². The standard InChI is InChI=1S/C24H24N4O4S/c1-3-24(11-10-17(29)27-23(24)32)14-6-8-15(9-7-14)25-20(30)19-13(2)18-21(33-19)26-16-5-4-12-28(16)22(18)31/h6-9H,3-5,10-12H2,1-2H3,(H,25,30)(H,27,29,32). The zero-order valence-electron chi connectivity index (χ0n) is 18.5. The number of nitrogens with zero attached hydrogens (tertiary/aromatic N) is 2. The molecule has 3 amide bonds. The fraction of sp³-hybridized carbons (Fsp3) is 0.375. The second-order valence-electron chi connectivity index (χ2n) is 8.67. The molecule has 1 fully saturated rings. The van der Waals surface area contributed by atoms with Gasteiger partial charge in [0.2, 0.25) is 11.8 Å². The molecule has 170 valence electrons. The maximum absolute atomic E-state index is 13.0. The van der Waals surface area contributed by atoms with Crippen molar-refractivity contribution in [3.63, 3.8) is 0 Å². The van der Waals surface area contributed by atoms with E-state index >= 15 is 0 Å². The lowest BCUT2D eigenvalue weighted by Crippen LogP contribution is -2.51. The molecule has 9 heteroatoms. The Bertz CT molecular complexity index is 1370.